The molecule has 96 valence electrons. The van der Waals surface area contributed by atoms with Crippen LogP contribution in [0.4, 0.5) is 5.82 Å². The number of carbonyl (C=O) groups excluding carboxylic acids is 1. The molecule has 1 amide bonds. The molecule has 1 aromatic heterocycles. The molecule has 1 heterocycles. The Kier molecular flexibility index (Phi) is 3.42. The van der Waals surface area contributed by atoms with Crippen molar-refractivity contribution in [2.75, 3.05) is 5.32 Å². The number of carboxylic acid groups (broad SMARTS) is 1. The highest BCUT2D eigenvalue weighted by molar-refractivity contribution is 6.06. The minimum atomic E-state index is -1.17. The number of amides is 1. The van der Waals surface area contributed by atoms with E-state index < -0.39 is 11.9 Å². The number of aromatic nitrogens is 1. The maximum Gasteiger partial charge on any atom is 0.339 e. The van der Waals surface area contributed by atoms with Crippen molar-refractivity contribution < 1.29 is 19.8 Å². The van der Waals surface area contributed by atoms with Crippen LogP contribution < -0.4 is 5.32 Å². The summed E-state index contributed by atoms with van der Waals surface area (Å²) in [5.41, 5.74) is 0.203. The van der Waals surface area contributed by atoms with Crippen LogP contribution in [-0.2, 0) is 0 Å². The molecule has 2 aromatic rings. The molecule has 0 aliphatic rings. The lowest BCUT2D eigenvalue weighted by atomic mass is 10.2. The SMILES string of the molecule is O=C(Nc1ncccc1C(=O)O)c1ccc(O)cc1. The normalized spacial score (nSPS) is 9.89. The van der Waals surface area contributed by atoms with Crippen LogP contribution in [0.2, 0.25) is 0 Å². The molecule has 19 heavy (non-hydrogen) atoms. The zero-order chi connectivity index (χ0) is 13.8. The maximum atomic E-state index is 11.9. The number of carbonyl (C=O) groups is 2. The minimum Gasteiger partial charge on any atom is -0.508 e. The Labute approximate surface area is 108 Å². The van der Waals surface area contributed by atoms with E-state index in [1.165, 1.54) is 42.6 Å². The quantitative estimate of drug-likeness (QED) is 0.778. The molecule has 0 aliphatic carbocycles. The molecule has 6 nitrogen and oxygen atoms in total. The Morgan fingerprint density at radius 1 is 1.11 bits per heavy atom. The van der Waals surface area contributed by atoms with E-state index in [1.807, 2.05) is 0 Å². The molecule has 2 rings (SSSR count). The Morgan fingerprint density at radius 2 is 1.79 bits per heavy atom. The van der Waals surface area contributed by atoms with Crippen molar-refractivity contribution in [3.8, 4) is 5.75 Å². The molecule has 3 N–H and O–H groups in total. The van der Waals surface area contributed by atoms with Gasteiger partial charge in [-0.2, -0.15) is 0 Å². The summed E-state index contributed by atoms with van der Waals surface area (Å²) in [5, 5.41) is 20.5. The largest absolute Gasteiger partial charge is 0.508 e. The van der Waals surface area contributed by atoms with Gasteiger partial charge in [-0.1, -0.05) is 0 Å². The number of hydrogen-bond donors (Lipinski definition) is 3. The third-order valence-corrected chi connectivity index (χ3v) is 2.40. The molecular formula is C13H10N2O4. The number of pyridine rings is 1. The summed E-state index contributed by atoms with van der Waals surface area (Å²) in [4.78, 5) is 26.7. The lowest BCUT2D eigenvalue weighted by Crippen LogP contribution is -2.15. The first-order chi connectivity index (χ1) is 9.08. The fourth-order valence-electron chi connectivity index (χ4n) is 1.47. The van der Waals surface area contributed by atoms with Gasteiger partial charge in [0, 0.05) is 11.8 Å². The van der Waals surface area contributed by atoms with Crippen LogP contribution in [0.1, 0.15) is 20.7 Å². The van der Waals surface area contributed by atoms with E-state index in [4.69, 9.17) is 10.2 Å². The number of nitrogens with zero attached hydrogens (tertiary/aromatic N) is 1. The van der Waals surface area contributed by atoms with Crippen molar-refractivity contribution >= 4 is 17.7 Å². The number of phenols is 1. The van der Waals surface area contributed by atoms with Crippen LogP contribution in [0.3, 0.4) is 0 Å². The minimum absolute atomic E-state index is 0.0203. The standard InChI is InChI=1S/C13H10N2O4/c16-9-5-3-8(4-6-9)12(17)15-11-10(13(18)19)2-1-7-14-11/h1-7,16H,(H,18,19)(H,14,15,17). The second kappa shape index (κ2) is 5.18. The molecule has 6 heteroatoms. The molecule has 0 bridgehead atoms. The van der Waals surface area contributed by atoms with Gasteiger partial charge in [0.25, 0.3) is 5.91 Å². The van der Waals surface area contributed by atoms with Crippen LogP contribution in [-0.4, -0.2) is 27.1 Å². The second-order valence-electron chi connectivity index (χ2n) is 3.71. The van der Waals surface area contributed by atoms with Crippen LogP contribution >= 0.6 is 0 Å². The van der Waals surface area contributed by atoms with E-state index >= 15 is 0 Å². The number of anilines is 1. The third-order valence-electron chi connectivity index (χ3n) is 2.40. The average Bonchev–Trinajstić information content (AvgIpc) is 2.39. The molecule has 0 saturated heterocycles. The van der Waals surface area contributed by atoms with Gasteiger partial charge in [0.2, 0.25) is 0 Å². The molecular weight excluding hydrogens is 248 g/mol. The summed E-state index contributed by atoms with van der Waals surface area (Å²) in [6.07, 6.45) is 1.39. The monoisotopic (exact) mass is 258 g/mol. The second-order valence-corrected chi connectivity index (χ2v) is 3.71. The van der Waals surface area contributed by atoms with E-state index in [0.29, 0.717) is 5.56 Å². The van der Waals surface area contributed by atoms with Gasteiger partial charge in [0.1, 0.15) is 17.1 Å². The number of benzene rings is 1. The van der Waals surface area contributed by atoms with Crippen LogP contribution in [0.5, 0.6) is 5.75 Å². The zero-order valence-corrected chi connectivity index (χ0v) is 9.70. The van der Waals surface area contributed by atoms with Crippen molar-refractivity contribution in [2.24, 2.45) is 0 Å². The maximum absolute atomic E-state index is 11.9. The molecule has 0 saturated carbocycles. The number of rotatable bonds is 3. The topological polar surface area (TPSA) is 99.5 Å². The molecule has 0 atom stereocenters. The van der Waals surface area contributed by atoms with Gasteiger partial charge >= 0.3 is 5.97 Å². The number of aromatic hydroxyl groups is 1. The molecule has 0 fully saturated rings. The lowest BCUT2D eigenvalue weighted by Gasteiger charge is -2.07. The number of phenolic OH excluding ortho intramolecular Hbond substituents is 1. The summed E-state index contributed by atoms with van der Waals surface area (Å²) >= 11 is 0. The summed E-state index contributed by atoms with van der Waals surface area (Å²) in [6, 6.07) is 8.40. The van der Waals surface area contributed by atoms with Crippen molar-refractivity contribution in [3.05, 3.63) is 53.7 Å². The van der Waals surface area contributed by atoms with Crippen LogP contribution in [0, 0.1) is 0 Å². The number of carboxylic acids is 1. The molecule has 0 radical (unpaired) electrons. The predicted molar refractivity (Wildman–Crippen MR) is 67.3 cm³/mol. The van der Waals surface area contributed by atoms with Gasteiger partial charge < -0.3 is 15.5 Å². The van der Waals surface area contributed by atoms with Crippen molar-refractivity contribution in [1.82, 2.24) is 4.98 Å². The first-order valence-corrected chi connectivity index (χ1v) is 5.36. The molecule has 1 aromatic carbocycles. The lowest BCUT2D eigenvalue weighted by molar-refractivity contribution is 0.0697. The number of aromatic carboxylic acids is 1. The van der Waals surface area contributed by atoms with E-state index in [0.717, 1.165) is 0 Å². The van der Waals surface area contributed by atoms with E-state index in [1.54, 1.807) is 0 Å². The van der Waals surface area contributed by atoms with Crippen LogP contribution in [0.25, 0.3) is 0 Å². The molecule has 0 spiro atoms. The van der Waals surface area contributed by atoms with Gasteiger partial charge in [0.05, 0.1) is 0 Å². The smallest absolute Gasteiger partial charge is 0.339 e. The third kappa shape index (κ3) is 2.86. The Morgan fingerprint density at radius 3 is 2.42 bits per heavy atom. The van der Waals surface area contributed by atoms with E-state index in [9.17, 15) is 9.59 Å². The van der Waals surface area contributed by atoms with E-state index in [-0.39, 0.29) is 17.1 Å². The fourth-order valence-corrected chi connectivity index (χ4v) is 1.47. The van der Waals surface area contributed by atoms with Gasteiger partial charge in [-0.05, 0) is 36.4 Å². The van der Waals surface area contributed by atoms with Gasteiger partial charge in [-0.3, -0.25) is 4.79 Å². The van der Waals surface area contributed by atoms with Crippen molar-refractivity contribution in [3.63, 3.8) is 0 Å². The van der Waals surface area contributed by atoms with Crippen molar-refractivity contribution in [1.29, 1.82) is 0 Å². The average molecular weight is 258 g/mol. The molecule has 0 aliphatic heterocycles. The summed E-state index contributed by atoms with van der Waals surface area (Å²) in [6.45, 7) is 0. The summed E-state index contributed by atoms with van der Waals surface area (Å²) in [7, 11) is 0. The Bertz CT molecular complexity index is 623. The highest BCUT2D eigenvalue weighted by atomic mass is 16.4. The van der Waals surface area contributed by atoms with E-state index in [2.05, 4.69) is 10.3 Å². The Hall–Kier alpha value is -2.89. The fraction of sp³-hybridized carbons (Fsp3) is 0. The summed E-state index contributed by atoms with van der Waals surface area (Å²) < 4.78 is 0. The van der Waals surface area contributed by atoms with Gasteiger partial charge in [-0.15, -0.1) is 0 Å². The first kappa shape index (κ1) is 12.6. The Balaban J connectivity index is 2.24. The highest BCUT2D eigenvalue weighted by Gasteiger charge is 2.14. The zero-order valence-electron chi connectivity index (χ0n) is 9.70. The highest BCUT2D eigenvalue weighted by Crippen LogP contribution is 2.14. The van der Waals surface area contributed by atoms with Crippen LogP contribution in [0.15, 0.2) is 42.6 Å². The first-order valence-electron chi connectivity index (χ1n) is 5.36. The predicted octanol–water partition coefficient (Wildman–Crippen LogP) is 1.74. The number of nitrogens with one attached hydrogen (secondary N) is 1. The summed E-state index contributed by atoms with van der Waals surface area (Å²) in [5.74, 6) is -1.65. The number of hydrogen-bond acceptors (Lipinski definition) is 4. The van der Waals surface area contributed by atoms with Gasteiger partial charge in [0.15, 0.2) is 0 Å². The van der Waals surface area contributed by atoms with Crippen molar-refractivity contribution in [2.45, 2.75) is 0 Å². The molecule has 0 unspecified atom stereocenters. The van der Waals surface area contributed by atoms with Gasteiger partial charge in [-0.25, -0.2) is 9.78 Å².